The fourth-order valence-corrected chi connectivity index (χ4v) is 4.27. The first-order valence-electron chi connectivity index (χ1n) is 10.5. The Morgan fingerprint density at radius 1 is 1.09 bits per heavy atom. The summed E-state index contributed by atoms with van der Waals surface area (Å²) in [5.74, 6) is -4.20. The first-order valence-corrected chi connectivity index (χ1v) is 10.5. The van der Waals surface area contributed by atoms with Crippen molar-refractivity contribution in [3.63, 3.8) is 0 Å². The lowest BCUT2D eigenvalue weighted by Crippen LogP contribution is -2.49. The average Bonchev–Trinajstić information content (AvgIpc) is 3.41. The Bertz CT molecular complexity index is 1040. The van der Waals surface area contributed by atoms with Crippen LogP contribution in [0.3, 0.4) is 0 Å². The van der Waals surface area contributed by atoms with Gasteiger partial charge >= 0.3 is 0 Å². The van der Waals surface area contributed by atoms with Gasteiger partial charge < -0.3 is 14.5 Å². The van der Waals surface area contributed by atoms with Crippen molar-refractivity contribution >= 4 is 11.8 Å². The van der Waals surface area contributed by atoms with Crippen LogP contribution >= 0.6 is 0 Å². The molecule has 4 rings (SSSR count). The molecule has 0 N–H and O–H groups in total. The van der Waals surface area contributed by atoms with Gasteiger partial charge in [0.1, 0.15) is 24.4 Å². The molecule has 0 aliphatic carbocycles. The highest BCUT2D eigenvalue weighted by Crippen LogP contribution is 2.36. The monoisotopic (exact) mass is 439 g/mol. The topological polar surface area (TPSA) is 73.6 Å². The maximum atomic E-state index is 14.4. The average molecular weight is 439 g/mol. The number of nitriles is 1. The van der Waals surface area contributed by atoms with Crippen LogP contribution in [-0.4, -0.2) is 52.7 Å². The summed E-state index contributed by atoms with van der Waals surface area (Å²) >= 11 is 0. The maximum Gasteiger partial charge on any atom is 0.267 e. The third-order valence-corrected chi connectivity index (χ3v) is 5.86. The minimum atomic E-state index is -3.18. The van der Waals surface area contributed by atoms with E-state index in [0.29, 0.717) is 19.4 Å². The zero-order valence-electron chi connectivity index (χ0n) is 17.4. The minimum absolute atomic E-state index is 0.122. The van der Waals surface area contributed by atoms with E-state index in [1.165, 1.54) is 11.0 Å². The molecule has 2 aliphatic rings. The van der Waals surface area contributed by atoms with Crippen LogP contribution in [0.1, 0.15) is 35.2 Å². The van der Waals surface area contributed by atoms with Gasteiger partial charge in [-0.25, -0.2) is 8.78 Å². The Hall–Kier alpha value is -3.47. The number of amides is 2. The van der Waals surface area contributed by atoms with Gasteiger partial charge in [-0.3, -0.25) is 9.59 Å². The first-order chi connectivity index (χ1) is 15.4. The van der Waals surface area contributed by atoms with E-state index in [9.17, 15) is 23.6 Å². The molecule has 2 amide bonds. The molecule has 0 aromatic heterocycles. The van der Waals surface area contributed by atoms with E-state index in [0.717, 1.165) is 10.5 Å². The lowest BCUT2D eigenvalue weighted by atomic mass is 10.1. The number of nitrogens with zero attached hydrogens (tertiary/aromatic N) is 3. The predicted molar refractivity (Wildman–Crippen MR) is 112 cm³/mol. The number of carbonyl (C=O) groups is 2. The fourth-order valence-electron chi connectivity index (χ4n) is 4.27. The van der Waals surface area contributed by atoms with Crippen molar-refractivity contribution in [2.24, 2.45) is 0 Å². The second-order valence-corrected chi connectivity index (χ2v) is 8.10. The van der Waals surface area contributed by atoms with Crippen molar-refractivity contribution in [1.29, 1.82) is 5.26 Å². The molecule has 2 atom stereocenters. The molecule has 166 valence electrons. The van der Waals surface area contributed by atoms with Crippen LogP contribution in [-0.2, 0) is 11.4 Å². The second kappa shape index (κ2) is 8.95. The summed E-state index contributed by atoms with van der Waals surface area (Å²) < 4.78 is 34.5. The smallest absolute Gasteiger partial charge is 0.267 e. The van der Waals surface area contributed by atoms with Crippen molar-refractivity contribution in [1.82, 2.24) is 9.80 Å². The largest absolute Gasteiger partial charge is 0.488 e. The van der Waals surface area contributed by atoms with Gasteiger partial charge in [-0.2, -0.15) is 5.26 Å². The summed E-state index contributed by atoms with van der Waals surface area (Å²) in [4.78, 5) is 28.6. The standard InChI is InChI=1S/C24H23F2N3O3/c25-24(26)13-20(23(31)28-12-6-9-18(28)14-27)29(16-24)22(30)19-10-4-5-11-21(19)32-15-17-7-2-1-3-8-17/h1-5,7-8,10-11,18,20H,6,9,12-13,15-16H2. The number of likely N-dealkylation sites (tertiary alicyclic amines) is 2. The van der Waals surface area contributed by atoms with Gasteiger partial charge in [-0.15, -0.1) is 0 Å². The van der Waals surface area contributed by atoms with Gasteiger partial charge in [0, 0.05) is 13.0 Å². The number of ether oxygens (including phenoxy) is 1. The molecule has 2 unspecified atom stereocenters. The summed E-state index contributed by atoms with van der Waals surface area (Å²) in [6.07, 6.45) is 0.395. The summed E-state index contributed by atoms with van der Waals surface area (Å²) in [6, 6.07) is 15.9. The Balaban J connectivity index is 1.57. The SMILES string of the molecule is N#CC1CCCN1C(=O)C1CC(F)(F)CN1C(=O)c1ccccc1OCc1ccccc1. The predicted octanol–water partition coefficient (Wildman–Crippen LogP) is 3.63. The molecule has 0 bridgehead atoms. The van der Waals surface area contributed by atoms with Crippen LogP contribution in [0.4, 0.5) is 8.78 Å². The molecule has 0 saturated carbocycles. The third-order valence-electron chi connectivity index (χ3n) is 5.86. The maximum absolute atomic E-state index is 14.4. The molecule has 2 aromatic rings. The van der Waals surface area contributed by atoms with Crippen molar-refractivity contribution in [2.75, 3.05) is 13.1 Å². The Morgan fingerprint density at radius 3 is 2.56 bits per heavy atom. The summed E-state index contributed by atoms with van der Waals surface area (Å²) in [5.41, 5.74) is 1.02. The van der Waals surface area contributed by atoms with Crippen LogP contribution in [0.25, 0.3) is 0 Å². The number of carbonyl (C=O) groups excluding carboxylic acids is 2. The van der Waals surface area contributed by atoms with E-state index in [2.05, 4.69) is 6.07 Å². The van der Waals surface area contributed by atoms with Crippen molar-refractivity contribution in [2.45, 2.75) is 43.9 Å². The van der Waals surface area contributed by atoms with E-state index >= 15 is 0 Å². The van der Waals surface area contributed by atoms with Crippen molar-refractivity contribution in [3.05, 3.63) is 65.7 Å². The van der Waals surface area contributed by atoms with Crippen molar-refractivity contribution in [3.8, 4) is 11.8 Å². The number of rotatable bonds is 5. The quantitative estimate of drug-likeness (QED) is 0.713. The summed E-state index contributed by atoms with van der Waals surface area (Å²) in [6.45, 7) is -0.306. The molecule has 0 radical (unpaired) electrons. The number of hydrogen-bond donors (Lipinski definition) is 0. The van der Waals surface area contributed by atoms with Gasteiger partial charge in [0.05, 0.1) is 18.2 Å². The molecule has 32 heavy (non-hydrogen) atoms. The summed E-state index contributed by atoms with van der Waals surface area (Å²) in [7, 11) is 0. The number of alkyl halides is 2. The molecule has 2 heterocycles. The van der Waals surface area contributed by atoms with Gasteiger partial charge in [-0.05, 0) is 30.5 Å². The van der Waals surface area contributed by atoms with Gasteiger partial charge in [0.25, 0.3) is 11.8 Å². The lowest BCUT2D eigenvalue weighted by Gasteiger charge is -2.29. The molecule has 2 aromatic carbocycles. The molecule has 2 saturated heterocycles. The normalized spacial score (nSPS) is 21.9. The molecule has 2 aliphatic heterocycles. The van der Waals surface area contributed by atoms with Crippen LogP contribution in [0.2, 0.25) is 0 Å². The molecular formula is C24H23F2N3O3. The van der Waals surface area contributed by atoms with Crippen LogP contribution in [0, 0.1) is 11.3 Å². The van der Waals surface area contributed by atoms with E-state index < -0.39 is 42.8 Å². The highest BCUT2D eigenvalue weighted by molar-refractivity contribution is 6.00. The van der Waals surface area contributed by atoms with Crippen molar-refractivity contribution < 1.29 is 23.1 Å². The molecular weight excluding hydrogens is 416 g/mol. The van der Waals surface area contributed by atoms with Gasteiger partial charge in [-0.1, -0.05) is 42.5 Å². The number of halogens is 2. The first kappa shape index (κ1) is 21.8. The van der Waals surface area contributed by atoms with Crippen LogP contribution in [0.5, 0.6) is 5.75 Å². The number of hydrogen-bond acceptors (Lipinski definition) is 4. The number of para-hydroxylation sites is 1. The highest BCUT2D eigenvalue weighted by Gasteiger charge is 2.52. The fraction of sp³-hybridized carbons (Fsp3) is 0.375. The zero-order chi connectivity index (χ0) is 22.7. The Labute approximate surface area is 185 Å². The molecule has 8 heteroatoms. The van der Waals surface area contributed by atoms with Crippen LogP contribution in [0.15, 0.2) is 54.6 Å². The minimum Gasteiger partial charge on any atom is -0.488 e. The lowest BCUT2D eigenvalue weighted by molar-refractivity contribution is -0.135. The molecule has 6 nitrogen and oxygen atoms in total. The van der Waals surface area contributed by atoms with Gasteiger partial charge in [0.15, 0.2) is 0 Å². The van der Waals surface area contributed by atoms with E-state index in [4.69, 9.17) is 4.74 Å². The van der Waals surface area contributed by atoms with E-state index in [-0.39, 0.29) is 17.9 Å². The Morgan fingerprint density at radius 2 is 1.81 bits per heavy atom. The van der Waals surface area contributed by atoms with E-state index in [1.54, 1.807) is 18.2 Å². The third kappa shape index (κ3) is 4.42. The van der Waals surface area contributed by atoms with Gasteiger partial charge in [0.2, 0.25) is 5.91 Å². The second-order valence-electron chi connectivity index (χ2n) is 8.10. The van der Waals surface area contributed by atoms with Crippen LogP contribution < -0.4 is 4.74 Å². The summed E-state index contributed by atoms with van der Waals surface area (Å²) in [5, 5.41) is 9.28. The molecule has 0 spiro atoms. The highest BCUT2D eigenvalue weighted by atomic mass is 19.3. The molecule has 2 fully saturated rings. The van der Waals surface area contributed by atoms with E-state index in [1.807, 2.05) is 30.3 Å². The zero-order valence-corrected chi connectivity index (χ0v) is 17.4. The number of benzene rings is 2. The Kier molecular flexibility index (Phi) is 6.08.